The molecule has 1 heterocycles. The van der Waals surface area contributed by atoms with Crippen molar-refractivity contribution in [2.24, 2.45) is 0 Å². The van der Waals surface area contributed by atoms with E-state index in [1.807, 2.05) is 32.0 Å². The summed E-state index contributed by atoms with van der Waals surface area (Å²) in [7, 11) is 0. The fraction of sp³-hybridized carbons (Fsp3) is 0.111. The molecule has 0 unspecified atom stereocenters. The number of barbiturate groups is 1. The molecule has 0 saturated carbocycles. The van der Waals surface area contributed by atoms with Crippen LogP contribution in [-0.4, -0.2) is 30.4 Å². The molecular formula is C27H21Cl2N3O5. The average Bonchev–Trinajstić information content (AvgIpc) is 2.85. The number of rotatable bonds is 6. The van der Waals surface area contributed by atoms with Crippen molar-refractivity contribution in [2.45, 2.75) is 13.8 Å². The zero-order valence-electron chi connectivity index (χ0n) is 19.8. The molecule has 0 bridgehead atoms. The van der Waals surface area contributed by atoms with Gasteiger partial charge in [-0.2, -0.15) is 0 Å². The number of benzene rings is 3. The molecule has 3 aromatic rings. The maximum absolute atomic E-state index is 13.0. The second-order valence-corrected chi connectivity index (χ2v) is 9.09. The molecule has 37 heavy (non-hydrogen) atoms. The van der Waals surface area contributed by atoms with Crippen LogP contribution in [0.4, 0.5) is 16.2 Å². The minimum atomic E-state index is -0.895. The third-order valence-corrected chi connectivity index (χ3v) is 6.23. The molecule has 8 nitrogen and oxygen atoms in total. The number of nitrogens with zero attached hydrogens (tertiary/aromatic N) is 1. The highest BCUT2D eigenvalue weighted by atomic mass is 35.5. The summed E-state index contributed by atoms with van der Waals surface area (Å²) >= 11 is 11.9. The van der Waals surface area contributed by atoms with Crippen molar-refractivity contribution in [1.29, 1.82) is 0 Å². The molecule has 1 fully saturated rings. The van der Waals surface area contributed by atoms with E-state index in [1.165, 1.54) is 24.3 Å². The van der Waals surface area contributed by atoms with Crippen molar-refractivity contribution in [1.82, 2.24) is 5.32 Å². The maximum Gasteiger partial charge on any atom is 0.335 e. The highest BCUT2D eigenvalue weighted by molar-refractivity contribution is 6.43. The van der Waals surface area contributed by atoms with Crippen LogP contribution in [0.3, 0.4) is 0 Å². The van der Waals surface area contributed by atoms with Gasteiger partial charge in [-0.05, 0) is 73.0 Å². The first-order valence-electron chi connectivity index (χ1n) is 11.1. The van der Waals surface area contributed by atoms with Gasteiger partial charge in [0, 0.05) is 5.69 Å². The number of carbonyl (C=O) groups is 4. The summed E-state index contributed by atoms with van der Waals surface area (Å²) in [6.45, 7) is 3.64. The van der Waals surface area contributed by atoms with Crippen molar-refractivity contribution >= 4 is 64.4 Å². The molecule has 1 aliphatic rings. The van der Waals surface area contributed by atoms with Gasteiger partial charge in [-0.1, -0.05) is 47.5 Å². The van der Waals surface area contributed by atoms with Crippen LogP contribution < -0.4 is 20.3 Å². The van der Waals surface area contributed by atoms with Crippen LogP contribution in [0.1, 0.15) is 16.7 Å². The average molecular weight is 538 g/mol. The molecule has 188 valence electrons. The Morgan fingerprint density at radius 2 is 1.70 bits per heavy atom. The van der Waals surface area contributed by atoms with Crippen molar-refractivity contribution in [3.63, 3.8) is 0 Å². The summed E-state index contributed by atoms with van der Waals surface area (Å²) in [4.78, 5) is 50.9. The van der Waals surface area contributed by atoms with Gasteiger partial charge in [-0.25, -0.2) is 9.69 Å². The lowest BCUT2D eigenvalue weighted by Crippen LogP contribution is -2.54. The molecular weight excluding hydrogens is 517 g/mol. The molecule has 0 radical (unpaired) electrons. The van der Waals surface area contributed by atoms with E-state index >= 15 is 0 Å². The minimum absolute atomic E-state index is 0.153. The first-order valence-corrected chi connectivity index (χ1v) is 11.8. The monoisotopic (exact) mass is 537 g/mol. The number of hydrogen-bond donors (Lipinski definition) is 2. The van der Waals surface area contributed by atoms with Crippen LogP contribution in [0.2, 0.25) is 10.0 Å². The number of anilines is 2. The van der Waals surface area contributed by atoms with Crippen LogP contribution >= 0.6 is 23.2 Å². The molecule has 0 spiro atoms. The van der Waals surface area contributed by atoms with E-state index in [-0.39, 0.29) is 33.8 Å². The Hall–Kier alpha value is -4.14. The third-order valence-electron chi connectivity index (χ3n) is 5.49. The van der Waals surface area contributed by atoms with Crippen LogP contribution in [0.5, 0.6) is 5.75 Å². The van der Waals surface area contributed by atoms with Gasteiger partial charge in [0.05, 0.1) is 15.7 Å². The first kappa shape index (κ1) is 25.9. The summed E-state index contributed by atoms with van der Waals surface area (Å²) < 4.78 is 5.55. The lowest BCUT2D eigenvalue weighted by molar-refractivity contribution is -0.122. The molecule has 0 aromatic heterocycles. The van der Waals surface area contributed by atoms with E-state index in [0.717, 1.165) is 21.7 Å². The standard InChI is InChI=1S/C27H21Cl2N3O5/c1-15-3-4-16(2)23(11-15)30-24(33)14-37-19-8-5-17(6-9-19)12-20-25(34)31-27(36)32(26(20)35)18-7-10-21(28)22(29)13-18/h3-13H,14H2,1-2H3,(H,30,33)(H,31,34,36)/b20-12-. The fourth-order valence-corrected chi connectivity index (χ4v) is 3.84. The van der Waals surface area contributed by atoms with E-state index in [4.69, 9.17) is 27.9 Å². The van der Waals surface area contributed by atoms with E-state index in [0.29, 0.717) is 11.3 Å². The summed E-state index contributed by atoms with van der Waals surface area (Å²) in [5, 5.41) is 5.38. The second kappa shape index (κ2) is 10.9. The van der Waals surface area contributed by atoms with Crippen molar-refractivity contribution in [3.05, 3.63) is 93.0 Å². The molecule has 1 aliphatic heterocycles. The SMILES string of the molecule is Cc1ccc(C)c(NC(=O)COc2ccc(/C=C3/C(=O)NC(=O)N(c4ccc(Cl)c(Cl)c4)C3=O)cc2)c1. The fourth-order valence-electron chi connectivity index (χ4n) is 3.55. The third kappa shape index (κ3) is 5.99. The van der Waals surface area contributed by atoms with Gasteiger partial charge in [0.1, 0.15) is 11.3 Å². The summed E-state index contributed by atoms with van der Waals surface area (Å²) in [6.07, 6.45) is 1.35. The van der Waals surface area contributed by atoms with Gasteiger partial charge in [-0.3, -0.25) is 19.7 Å². The molecule has 2 N–H and O–H groups in total. The molecule has 5 amide bonds. The van der Waals surface area contributed by atoms with Crippen molar-refractivity contribution in [2.75, 3.05) is 16.8 Å². The number of aryl methyl sites for hydroxylation is 2. The number of amides is 5. The second-order valence-electron chi connectivity index (χ2n) is 8.28. The van der Waals surface area contributed by atoms with Gasteiger partial charge in [0.25, 0.3) is 17.7 Å². The van der Waals surface area contributed by atoms with Gasteiger partial charge in [-0.15, -0.1) is 0 Å². The Morgan fingerprint density at radius 1 is 0.973 bits per heavy atom. The summed E-state index contributed by atoms with van der Waals surface area (Å²) in [5.74, 6) is -1.52. The zero-order chi connectivity index (χ0) is 26.7. The van der Waals surface area contributed by atoms with Crippen LogP contribution in [0.15, 0.2) is 66.2 Å². The minimum Gasteiger partial charge on any atom is -0.484 e. The summed E-state index contributed by atoms with van der Waals surface area (Å²) in [5.41, 5.74) is 3.12. The number of hydrogen-bond acceptors (Lipinski definition) is 5. The normalized spacial score (nSPS) is 14.5. The Morgan fingerprint density at radius 3 is 2.41 bits per heavy atom. The van der Waals surface area contributed by atoms with Gasteiger partial charge in [0.15, 0.2) is 6.61 Å². The van der Waals surface area contributed by atoms with Crippen LogP contribution in [0, 0.1) is 13.8 Å². The predicted molar refractivity (Wildman–Crippen MR) is 142 cm³/mol. The number of halogens is 2. The Balaban J connectivity index is 1.44. The van der Waals surface area contributed by atoms with E-state index in [1.54, 1.807) is 24.3 Å². The molecule has 3 aromatic carbocycles. The van der Waals surface area contributed by atoms with Crippen molar-refractivity contribution < 1.29 is 23.9 Å². The highest BCUT2D eigenvalue weighted by Gasteiger charge is 2.37. The van der Waals surface area contributed by atoms with Crippen LogP contribution in [-0.2, 0) is 14.4 Å². The smallest absolute Gasteiger partial charge is 0.335 e. The van der Waals surface area contributed by atoms with E-state index in [2.05, 4.69) is 10.6 Å². The zero-order valence-corrected chi connectivity index (χ0v) is 21.3. The number of urea groups is 1. The van der Waals surface area contributed by atoms with Gasteiger partial charge < -0.3 is 10.1 Å². The molecule has 4 rings (SSSR count). The van der Waals surface area contributed by atoms with Gasteiger partial charge in [0.2, 0.25) is 0 Å². The molecule has 0 aliphatic carbocycles. The van der Waals surface area contributed by atoms with E-state index < -0.39 is 17.8 Å². The quantitative estimate of drug-likeness (QED) is 0.328. The topological polar surface area (TPSA) is 105 Å². The Labute approximate surface area is 222 Å². The van der Waals surface area contributed by atoms with E-state index in [9.17, 15) is 19.2 Å². The molecule has 10 heteroatoms. The largest absolute Gasteiger partial charge is 0.484 e. The molecule has 0 atom stereocenters. The number of imide groups is 2. The maximum atomic E-state index is 13.0. The number of nitrogens with one attached hydrogen (secondary N) is 2. The molecule has 1 saturated heterocycles. The Bertz CT molecular complexity index is 1450. The predicted octanol–water partition coefficient (Wildman–Crippen LogP) is 5.29. The highest BCUT2D eigenvalue weighted by Crippen LogP contribution is 2.29. The number of ether oxygens (including phenoxy) is 1. The lowest BCUT2D eigenvalue weighted by Gasteiger charge is -2.26. The Kier molecular flexibility index (Phi) is 7.61. The van der Waals surface area contributed by atoms with Crippen LogP contribution in [0.25, 0.3) is 6.08 Å². The van der Waals surface area contributed by atoms with Gasteiger partial charge >= 0.3 is 6.03 Å². The first-order chi connectivity index (χ1) is 17.6. The lowest BCUT2D eigenvalue weighted by atomic mass is 10.1. The van der Waals surface area contributed by atoms with Crippen molar-refractivity contribution in [3.8, 4) is 5.75 Å². The summed E-state index contributed by atoms with van der Waals surface area (Å²) in [6, 6.07) is 15.6. The number of carbonyl (C=O) groups excluding carboxylic acids is 4.